The van der Waals surface area contributed by atoms with Gasteiger partial charge < -0.3 is 9.84 Å². The van der Waals surface area contributed by atoms with E-state index in [-0.39, 0.29) is 0 Å². The molecule has 15 heavy (non-hydrogen) atoms. The van der Waals surface area contributed by atoms with Crippen LogP contribution in [0.4, 0.5) is 0 Å². The Morgan fingerprint density at radius 3 is 2.47 bits per heavy atom. The minimum Gasteiger partial charge on any atom is -0.478 e. The first-order valence-corrected chi connectivity index (χ1v) is 4.91. The average molecular weight is 212 g/mol. The van der Waals surface area contributed by atoms with Crippen molar-refractivity contribution in [3.8, 4) is 0 Å². The number of carboxylic acids is 1. The van der Waals surface area contributed by atoms with E-state index in [1.54, 1.807) is 0 Å². The molecule has 0 aliphatic heterocycles. The van der Waals surface area contributed by atoms with Gasteiger partial charge >= 0.3 is 11.9 Å². The third-order valence-electron chi connectivity index (χ3n) is 1.57. The molecule has 0 saturated carbocycles. The van der Waals surface area contributed by atoms with Crippen molar-refractivity contribution in [1.82, 2.24) is 0 Å². The summed E-state index contributed by atoms with van der Waals surface area (Å²) >= 11 is 0. The molecule has 84 valence electrons. The molecule has 0 amide bonds. The van der Waals surface area contributed by atoms with Gasteiger partial charge in [0.2, 0.25) is 0 Å². The van der Waals surface area contributed by atoms with Gasteiger partial charge in [-0.25, -0.2) is 9.59 Å². The van der Waals surface area contributed by atoms with Crippen LogP contribution in [0.15, 0.2) is 24.3 Å². The highest BCUT2D eigenvalue weighted by molar-refractivity contribution is 5.83. The summed E-state index contributed by atoms with van der Waals surface area (Å²) in [6, 6.07) is 0. The molecule has 0 saturated heterocycles. The number of carboxylic acid groups (broad SMARTS) is 1. The van der Waals surface area contributed by atoms with Crippen LogP contribution in [0.1, 0.15) is 26.2 Å². The Balaban J connectivity index is 3.60. The van der Waals surface area contributed by atoms with Crippen molar-refractivity contribution in [2.45, 2.75) is 26.2 Å². The fourth-order valence-corrected chi connectivity index (χ4v) is 0.845. The second-order valence-electron chi connectivity index (χ2n) is 2.93. The smallest absolute Gasteiger partial charge is 0.330 e. The lowest BCUT2D eigenvalue weighted by Crippen LogP contribution is -2.01. The van der Waals surface area contributed by atoms with Gasteiger partial charge in [-0.15, -0.1) is 0 Å². The molecule has 0 heterocycles. The Morgan fingerprint density at radius 2 is 1.87 bits per heavy atom. The Hall–Kier alpha value is -1.58. The third kappa shape index (κ3) is 10.3. The van der Waals surface area contributed by atoms with Crippen molar-refractivity contribution >= 4 is 11.9 Å². The maximum Gasteiger partial charge on any atom is 0.330 e. The lowest BCUT2D eigenvalue weighted by atomic mass is 10.3. The molecular formula is C11H16O4. The molecule has 0 aromatic heterocycles. The zero-order valence-electron chi connectivity index (χ0n) is 8.81. The molecular weight excluding hydrogens is 196 g/mol. The minimum atomic E-state index is -1.05. The largest absolute Gasteiger partial charge is 0.478 e. The van der Waals surface area contributed by atoms with E-state index in [1.165, 1.54) is 18.2 Å². The monoisotopic (exact) mass is 212 g/mol. The van der Waals surface area contributed by atoms with Gasteiger partial charge in [-0.05, 0) is 6.42 Å². The van der Waals surface area contributed by atoms with E-state index in [0.29, 0.717) is 6.61 Å². The number of aliphatic carboxylic acids is 1. The second kappa shape index (κ2) is 8.99. The molecule has 0 aliphatic carbocycles. The first-order valence-electron chi connectivity index (χ1n) is 4.91. The number of rotatable bonds is 7. The van der Waals surface area contributed by atoms with Crippen molar-refractivity contribution in [1.29, 1.82) is 0 Å². The Kier molecular flexibility index (Phi) is 8.05. The van der Waals surface area contributed by atoms with E-state index < -0.39 is 11.9 Å². The Labute approximate surface area is 89.2 Å². The molecule has 0 aromatic rings. The van der Waals surface area contributed by atoms with Gasteiger partial charge in [0, 0.05) is 12.2 Å². The summed E-state index contributed by atoms with van der Waals surface area (Å²) in [5, 5.41) is 8.24. The van der Waals surface area contributed by atoms with Gasteiger partial charge in [0.1, 0.15) is 0 Å². The van der Waals surface area contributed by atoms with Crippen molar-refractivity contribution in [3.63, 3.8) is 0 Å². The lowest BCUT2D eigenvalue weighted by Gasteiger charge is -1.99. The van der Waals surface area contributed by atoms with E-state index in [2.05, 4.69) is 6.92 Å². The van der Waals surface area contributed by atoms with Gasteiger partial charge in [-0.3, -0.25) is 0 Å². The normalized spacial score (nSPS) is 11.0. The highest BCUT2D eigenvalue weighted by Gasteiger charge is 1.94. The van der Waals surface area contributed by atoms with E-state index >= 15 is 0 Å². The molecule has 0 bridgehead atoms. The molecule has 0 aromatic carbocycles. The average Bonchev–Trinajstić information content (AvgIpc) is 2.19. The zero-order valence-corrected chi connectivity index (χ0v) is 8.81. The van der Waals surface area contributed by atoms with Crippen LogP contribution in [0.2, 0.25) is 0 Å². The van der Waals surface area contributed by atoms with Gasteiger partial charge in [-0.2, -0.15) is 0 Å². The van der Waals surface area contributed by atoms with Gasteiger partial charge in [0.15, 0.2) is 0 Å². The third-order valence-corrected chi connectivity index (χ3v) is 1.57. The number of unbranched alkanes of at least 4 members (excludes halogenated alkanes) is 2. The Bertz CT molecular complexity index is 253. The predicted molar refractivity (Wildman–Crippen MR) is 56.4 cm³/mol. The molecule has 0 radical (unpaired) electrons. The summed E-state index contributed by atoms with van der Waals surface area (Å²) in [4.78, 5) is 21.0. The number of hydrogen-bond donors (Lipinski definition) is 1. The summed E-state index contributed by atoms with van der Waals surface area (Å²) in [7, 11) is 0. The molecule has 4 heteroatoms. The van der Waals surface area contributed by atoms with Crippen LogP contribution >= 0.6 is 0 Å². The van der Waals surface area contributed by atoms with Gasteiger partial charge in [-0.1, -0.05) is 31.9 Å². The minimum absolute atomic E-state index is 0.416. The Morgan fingerprint density at radius 1 is 1.20 bits per heavy atom. The van der Waals surface area contributed by atoms with Crippen LogP contribution in [-0.2, 0) is 14.3 Å². The van der Waals surface area contributed by atoms with E-state index in [1.807, 2.05) is 0 Å². The molecule has 0 atom stereocenters. The lowest BCUT2D eigenvalue weighted by molar-refractivity contribution is -0.138. The standard InChI is InChI=1S/C11H16O4/c1-2-3-6-9-15-11(14)8-5-4-7-10(12)13/h4-5,7-8H,2-3,6,9H2,1H3,(H,12,13). The fourth-order valence-electron chi connectivity index (χ4n) is 0.845. The summed E-state index contributed by atoms with van der Waals surface area (Å²) in [5.41, 5.74) is 0. The first kappa shape index (κ1) is 13.4. The van der Waals surface area contributed by atoms with Crippen LogP contribution in [0.5, 0.6) is 0 Å². The first-order chi connectivity index (χ1) is 7.16. The van der Waals surface area contributed by atoms with Crippen LogP contribution in [0, 0.1) is 0 Å². The number of carbonyl (C=O) groups is 2. The maximum absolute atomic E-state index is 11.0. The van der Waals surface area contributed by atoms with Crippen LogP contribution in [0.25, 0.3) is 0 Å². The van der Waals surface area contributed by atoms with Crippen LogP contribution in [0.3, 0.4) is 0 Å². The SMILES string of the molecule is CCCCCOC(=O)C=CC=CC(=O)O. The van der Waals surface area contributed by atoms with Crippen LogP contribution < -0.4 is 0 Å². The van der Waals surface area contributed by atoms with Crippen molar-refractivity contribution < 1.29 is 19.4 Å². The molecule has 0 spiro atoms. The van der Waals surface area contributed by atoms with E-state index in [4.69, 9.17) is 9.84 Å². The number of esters is 1. The summed E-state index contributed by atoms with van der Waals surface area (Å²) < 4.78 is 4.84. The zero-order chi connectivity index (χ0) is 11.5. The summed E-state index contributed by atoms with van der Waals surface area (Å²) in [6.45, 7) is 2.48. The summed E-state index contributed by atoms with van der Waals surface area (Å²) in [5.74, 6) is -1.49. The number of carbonyl (C=O) groups excluding carboxylic acids is 1. The fraction of sp³-hybridized carbons (Fsp3) is 0.455. The van der Waals surface area contributed by atoms with E-state index in [9.17, 15) is 9.59 Å². The quantitative estimate of drug-likeness (QED) is 0.303. The molecule has 4 nitrogen and oxygen atoms in total. The number of ether oxygens (including phenoxy) is 1. The molecule has 0 rings (SSSR count). The van der Waals surface area contributed by atoms with Crippen molar-refractivity contribution in [3.05, 3.63) is 24.3 Å². The van der Waals surface area contributed by atoms with E-state index in [0.717, 1.165) is 25.3 Å². The molecule has 0 aliphatic rings. The summed E-state index contributed by atoms with van der Waals surface area (Å²) in [6.07, 6.45) is 7.74. The highest BCUT2D eigenvalue weighted by atomic mass is 16.5. The molecule has 0 fully saturated rings. The predicted octanol–water partition coefficient (Wildman–Crippen LogP) is 1.92. The number of hydrogen-bond acceptors (Lipinski definition) is 3. The molecule has 0 unspecified atom stereocenters. The van der Waals surface area contributed by atoms with Crippen molar-refractivity contribution in [2.24, 2.45) is 0 Å². The maximum atomic E-state index is 11.0. The highest BCUT2D eigenvalue weighted by Crippen LogP contribution is 1.94. The van der Waals surface area contributed by atoms with Gasteiger partial charge in [0.05, 0.1) is 6.61 Å². The van der Waals surface area contributed by atoms with Crippen LogP contribution in [-0.4, -0.2) is 23.7 Å². The topological polar surface area (TPSA) is 63.6 Å². The number of allylic oxidation sites excluding steroid dienone is 2. The van der Waals surface area contributed by atoms with Crippen molar-refractivity contribution in [2.75, 3.05) is 6.61 Å². The molecule has 1 N–H and O–H groups in total. The van der Waals surface area contributed by atoms with Gasteiger partial charge in [0.25, 0.3) is 0 Å². The second-order valence-corrected chi connectivity index (χ2v) is 2.93.